The quantitative estimate of drug-likeness (QED) is 0.594. The van der Waals surface area contributed by atoms with Gasteiger partial charge in [-0.05, 0) is 12.8 Å². The molecule has 3 rings (SSSR count). The van der Waals surface area contributed by atoms with Gasteiger partial charge in [0.15, 0.2) is 0 Å². The van der Waals surface area contributed by atoms with Gasteiger partial charge >= 0.3 is 18.0 Å². The fourth-order valence-electron chi connectivity index (χ4n) is 4.18. The van der Waals surface area contributed by atoms with Gasteiger partial charge in [0, 0.05) is 17.3 Å². The van der Waals surface area contributed by atoms with Gasteiger partial charge in [0.2, 0.25) is 5.91 Å². The largest absolute Gasteiger partial charge is 0.469 e. The lowest BCUT2D eigenvalue weighted by molar-refractivity contribution is -0.153. The second-order valence-corrected chi connectivity index (χ2v) is 7.60. The first-order chi connectivity index (χ1) is 11.7. The maximum absolute atomic E-state index is 12.1. The number of carbonyl (C=O) groups is 4. The Morgan fingerprint density at radius 1 is 1.28 bits per heavy atom. The highest BCUT2D eigenvalue weighted by molar-refractivity contribution is 5.95. The van der Waals surface area contributed by atoms with E-state index in [-0.39, 0.29) is 11.8 Å². The zero-order chi connectivity index (χ0) is 18.5. The number of hydrogen-bond donors (Lipinski definition) is 1. The van der Waals surface area contributed by atoms with Crippen LogP contribution in [-0.2, 0) is 28.6 Å². The number of carbonyl (C=O) groups excluding carboxylic acids is 4. The van der Waals surface area contributed by atoms with E-state index in [4.69, 9.17) is 14.2 Å². The maximum Gasteiger partial charge on any atom is 0.414 e. The van der Waals surface area contributed by atoms with E-state index < -0.39 is 53.4 Å². The van der Waals surface area contributed by atoms with Crippen LogP contribution in [0.4, 0.5) is 4.79 Å². The number of hydrogen-bond acceptors (Lipinski definition) is 7. The molecule has 3 aliphatic rings. The molecule has 2 saturated carbocycles. The van der Waals surface area contributed by atoms with E-state index in [1.54, 1.807) is 13.8 Å². The summed E-state index contributed by atoms with van der Waals surface area (Å²) in [6.45, 7) is 5.30. The highest BCUT2D eigenvalue weighted by atomic mass is 16.6. The van der Waals surface area contributed by atoms with Crippen LogP contribution < -0.4 is 5.32 Å². The van der Waals surface area contributed by atoms with Crippen LogP contribution in [0, 0.1) is 29.1 Å². The van der Waals surface area contributed by atoms with Gasteiger partial charge in [-0.2, -0.15) is 0 Å². The molecule has 3 fully saturated rings. The molecule has 138 valence electrons. The summed E-state index contributed by atoms with van der Waals surface area (Å²) in [6.07, 6.45) is -1.05. The Morgan fingerprint density at radius 2 is 1.96 bits per heavy atom. The Hall–Kier alpha value is -2.12. The van der Waals surface area contributed by atoms with Gasteiger partial charge in [0.1, 0.15) is 12.2 Å². The number of rotatable bonds is 4. The molecule has 1 aliphatic heterocycles. The molecule has 6 unspecified atom stereocenters. The summed E-state index contributed by atoms with van der Waals surface area (Å²) in [7, 11) is 1.26. The Kier molecular flexibility index (Phi) is 4.25. The van der Waals surface area contributed by atoms with E-state index in [0.717, 1.165) is 0 Å². The molecule has 0 aromatic heterocycles. The van der Waals surface area contributed by atoms with Crippen molar-refractivity contribution >= 4 is 23.9 Å². The van der Waals surface area contributed by atoms with Crippen LogP contribution in [0.2, 0.25) is 0 Å². The minimum absolute atomic E-state index is 0.151. The molecule has 2 amide bonds. The van der Waals surface area contributed by atoms with E-state index in [9.17, 15) is 19.2 Å². The number of esters is 2. The molecule has 1 N–H and O–H groups in total. The molecule has 25 heavy (non-hydrogen) atoms. The summed E-state index contributed by atoms with van der Waals surface area (Å²) < 4.78 is 15.5. The highest BCUT2D eigenvalue weighted by Crippen LogP contribution is 2.58. The molecular formula is C17H23NO7. The van der Waals surface area contributed by atoms with Crippen molar-refractivity contribution in [3.8, 4) is 0 Å². The number of imide groups is 1. The van der Waals surface area contributed by atoms with Crippen molar-refractivity contribution in [2.75, 3.05) is 7.11 Å². The average molecular weight is 353 g/mol. The third-order valence-corrected chi connectivity index (χ3v) is 5.98. The lowest BCUT2D eigenvalue weighted by Crippen LogP contribution is -2.47. The summed E-state index contributed by atoms with van der Waals surface area (Å²) in [6, 6.07) is 0. The zero-order valence-corrected chi connectivity index (χ0v) is 14.7. The van der Waals surface area contributed by atoms with Gasteiger partial charge in [-0.25, -0.2) is 4.79 Å². The predicted octanol–water partition coefficient (Wildman–Crippen LogP) is 1.02. The fraction of sp³-hybridized carbons (Fsp3) is 0.765. The second-order valence-electron chi connectivity index (χ2n) is 7.60. The first kappa shape index (κ1) is 17.7. The molecule has 1 heterocycles. The van der Waals surface area contributed by atoms with Crippen molar-refractivity contribution in [3.63, 3.8) is 0 Å². The highest BCUT2D eigenvalue weighted by Gasteiger charge is 2.70. The second kappa shape index (κ2) is 6.00. The monoisotopic (exact) mass is 353 g/mol. The van der Waals surface area contributed by atoms with Crippen molar-refractivity contribution in [1.82, 2.24) is 5.32 Å². The Morgan fingerprint density at radius 3 is 2.56 bits per heavy atom. The number of amides is 2. The molecule has 2 aliphatic carbocycles. The SMILES string of the molecule is CCC(C)(C)C(=O)NC(=O)OC1C2CC3C1OC(=O)C3C2C(=O)OC. The normalized spacial score (nSPS) is 35.3. The van der Waals surface area contributed by atoms with Gasteiger partial charge in [0.25, 0.3) is 0 Å². The third-order valence-electron chi connectivity index (χ3n) is 5.98. The lowest BCUT2D eigenvalue weighted by Gasteiger charge is -2.30. The summed E-state index contributed by atoms with van der Waals surface area (Å²) >= 11 is 0. The van der Waals surface area contributed by atoms with E-state index in [2.05, 4.69) is 5.32 Å². The Bertz CT molecular complexity index is 628. The summed E-state index contributed by atoms with van der Waals surface area (Å²) in [5.74, 6) is -3.04. The zero-order valence-electron chi connectivity index (χ0n) is 14.7. The van der Waals surface area contributed by atoms with Crippen LogP contribution in [0.3, 0.4) is 0 Å². The van der Waals surface area contributed by atoms with E-state index in [1.165, 1.54) is 7.11 Å². The van der Waals surface area contributed by atoms with Crippen molar-refractivity contribution in [3.05, 3.63) is 0 Å². The van der Waals surface area contributed by atoms with E-state index >= 15 is 0 Å². The number of methoxy groups -OCH3 is 1. The topological polar surface area (TPSA) is 108 Å². The molecule has 8 heteroatoms. The van der Waals surface area contributed by atoms with Crippen molar-refractivity contribution in [2.24, 2.45) is 29.1 Å². The van der Waals surface area contributed by atoms with Crippen LogP contribution in [0.15, 0.2) is 0 Å². The molecule has 0 aromatic rings. The minimum Gasteiger partial charge on any atom is -0.469 e. The number of ether oxygens (including phenoxy) is 3. The van der Waals surface area contributed by atoms with Crippen LogP contribution >= 0.6 is 0 Å². The molecule has 8 nitrogen and oxygen atoms in total. The molecule has 6 atom stereocenters. The van der Waals surface area contributed by atoms with Crippen molar-refractivity contribution in [1.29, 1.82) is 0 Å². The fourth-order valence-corrected chi connectivity index (χ4v) is 4.18. The molecule has 2 bridgehead atoms. The van der Waals surface area contributed by atoms with Crippen LogP contribution in [0.1, 0.15) is 33.6 Å². The van der Waals surface area contributed by atoms with E-state index in [0.29, 0.717) is 12.8 Å². The maximum atomic E-state index is 12.1. The standard InChI is InChI=1S/C17H23NO7/c1-5-17(2,3)15(21)18-16(22)25-12-7-6-8-10(9(7)13(19)23-4)14(20)24-11(8)12/h7-12H,5-6H2,1-4H3,(H,18,21,22). The number of alkyl carbamates (subject to hydrolysis) is 1. The van der Waals surface area contributed by atoms with E-state index in [1.807, 2.05) is 6.92 Å². The van der Waals surface area contributed by atoms with Gasteiger partial charge in [0.05, 0.1) is 18.9 Å². The average Bonchev–Trinajstić information content (AvgIpc) is 3.17. The number of fused-ring (bicyclic) bond motifs is 1. The lowest BCUT2D eigenvalue weighted by atomic mass is 9.78. The molecule has 0 spiro atoms. The minimum atomic E-state index is -0.882. The Balaban J connectivity index is 1.71. The smallest absolute Gasteiger partial charge is 0.414 e. The van der Waals surface area contributed by atoms with Crippen LogP contribution in [-0.4, -0.2) is 43.3 Å². The molecule has 1 saturated heterocycles. The predicted molar refractivity (Wildman–Crippen MR) is 83.0 cm³/mol. The molecule has 0 aromatic carbocycles. The first-order valence-corrected chi connectivity index (χ1v) is 8.51. The molecular weight excluding hydrogens is 330 g/mol. The van der Waals surface area contributed by atoms with Crippen LogP contribution in [0.5, 0.6) is 0 Å². The van der Waals surface area contributed by atoms with Crippen LogP contribution in [0.25, 0.3) is 0 Å². The van der Waals surface area contributed by atoms with Gasteiger partial charge in [-0.1, -0.05) is 20.8 Å². The first-order valence-electron chi connectivity index (χ1n) is 8.51. The number of nitrogens with one attached hydrogen (secondary N) is 1. The van der Waals surface area contributed by atoms with Crippen molar-refractivity contribution in [2.45, 2.75) is 45.8 Å². The van der Waals surface area contributed by atoms with Gasteiger partial charge in [-0.3, -0.25) is 19.7 Å². The van der Waals surface area contributed by atoms with Gasteiger partial charge in [-0.15, -0.1) is 0 Å². The third kappa shape index (κ3) is 2.67. The Labute approximate surface area is 145 Å². The summed E-state index contributed by atoms with van der Waals surface area (Å²) in [5.41, 5.74) is -0.701. The molecule has 0 radical (unpaired) electrons. The van der Waals surface area contributed by atoms with Gasteiger partial charge < -0.3 is 14.2 Å². The summed E-state index contributed by atoms with van der Waals surface area (Å²) in [4.78, 5) is 48.4. The summed E-state index contributed by atoms with van der Waals surface area (Å²) in [5, 5.41) is 2.23. The van der Waals surface area contributed by atoms with Crippen molar-refractivity contribution < 1.29 is 33.4 Å².